The van der Waals surface area contributed by atoms with Gasteiger partial charge in [0.15, 0.2) is 11.2 Å². The van der Waals surface area contributed by atoms with Gasteiger partial charge in [-0.1, -0.05) is 0 Å². The summed E-state index contributed by atoms with van der Waals surface area (Å²) < 4.78 is 13.6. The SMILES string of the molecule is CCOCCn1c(N2CCN(CC(=O)OCC)CC2)nc2c1c(=O)[nH]c(=O)n2C. The van der Waals surface area contributed by atoms with Crippen LogP contribution in [-0.2, 0) is 27.9 Å². The van der Waals surface area contributed by atoms with Crippen LogP contribution in [0.15, 0.2) is 9.59 Å². The molecule has 29 heavy (non-hydrogen) atoms. The van der Waals surface area contributed by atoms with Crippen LogP contribution in [0.5, 0.6) is 0 Å². The Hall–Kier alpha value is -2.66. The van der Waals surface area contributed by atoms with Crippen molar-refractivity contribution >= 4 is 23.1 Å². The number of imidazole rings is 1. The predicted molar refractivity (Wildman–Crippen MR) is 107 cm³/mol. The lowest BCUT2D eigenvalue weighted by molar-refractivity contribution is -0.144. The summed E-state index contributed by atoms with van der Waals surface area (Å²) in [4.78, 5) is 47.2. The van der Waals surface area contributed by atoms with Crippen LogP contribution in [-0.4, -0.2) is 82.5 Å². The van der Waals surface area contributed by atoms with E-state index in [1.165, 1.54) is 4.57 Å². The molecule has 2 aromatic rings. The number of aromatic nitrogens is 4. The van der Waals surface area contributed by atoms with Crippen molar-refractivity contribution in [1.82, 2.24) is 24.0 Å². The fourth-order valence-electron chi connectivity index (χ4n) is 3.47. The zero-order chi connectivity index (χ0) is 21.0. The number of ether oxygens (including phenoxy) is 2. The number of fused-ring (bicyclic) bond motifs is 1. The molecule has 3 heterocycles. The lowest BCUT2D eigenvalue weighted by Gasteiger charge is -2.34. The van der Waals surface area contributed by atoms with Crippen molar-refractivity contribution in [3.8, 4) is 0 Å². The molecule has 1 aliphatic rings. The number of piperazine rings is 1. The molecule has 0 spiro atoms. The van der Waals surface area contributed by atoms with Gasteiger partial charge in [0.25, 0.3) is 5.56 Å². The Labute approximate surface area is 167 Å². The summed E-state index contributed by atoms with van der Waals surface area (Å²) in [5.74, 6) is 0.397. The molecule has 0 amide bonds. The number of nitrogens with one attached hydrogen (secondary N) is 1. The number of rotatable bonds is 8. The second-order valence-electron chi connectivity index (χ2n) is 6.82. The fraction of sp³-hybridized carbons (Fsp3) is 0.667. The molecule has 2 aromatic heterocycles. The Morgan fingerprint density at radius 3 is 2.52 bits per heavy atom. The number of carbonyl (C=O) groups excluding carboxylic acids is 1. The van der Waals surface area contributed by atoms with Crippen molar-refractivity contribution in [2.75, 3.05) is 57.4 Å². The summed E-state index contributed by atoms with van der Waals surface area (Å²) in [6.45, 7) is 8.40. The lowest BCUT2D eigenvalue weighted by atomic mass is 10.3. The number of esters is 1. The van der Waals surface area contributed by atoms with E-state index in [0.29, 0.717) is 69.7 Å². The van der Waals surface area contributed by atoms with Gasteiger partial charge < -0.3 is 18.9 Å². The summed E-state index contributed by atoms with van der Waals surface area (Å²) in [5.41, 5.74) is -0.253. The predicted octanol–water partition coefficient (Wildman–Crippen LogP) is -0.855. The third kappa shape index (κ3) is 4.51. The maximum atomic E-state index is 12.5. The average molecular weight is 408 g/mol. The van der Waals surface area contributed by atoms with E-state index in [1.807, 2.05) is 16.4 Å². The van der Waals surface area contributed by atoms with E-state index in [0.717, 1.165) is 0 Å². The average Bonchev–Trinajstić information content (AvgIpc) is 3.07. The second-order valence-corrected chi connectivity index (χ2v) is 6.82. The minimum atomic E-state index is -0.497. The topological polar surface area (TPSA) is 115 Å². The van der Waals surface area contributed by atoms with E-state index in [-0.39, 0.29) is 12.5 Å². The fourth-order valence-corrected chi connectivity index (χ4v) is 3.47. The number of aryl methyl sites for hydroxylation is 1. The molecule has 0 aromatic carbocycles. The minimum absolute atomic E-state index is 0.230. The van der Waals surface area contributed by atoms with Crippen LogP contribution in [0.25, 0.3) is 11.2 Å². The molecule has 3 rings (SSSR count). The molecule has 11 heteroatoms. The van der Waals surface area contributed by atoms with Gasteiger partial charge in [-0.15, -0.1) is 0 Å². The molecular formula is C18H28N6O5. The van der Waals surface area contributed by atoms with Crippen molar-refractivity contribution < 1.29 is 14.3 Å². The third-order valence-electron chi connectivity index (χ3n) is 4.96. The van der Waals surface area contributed by atoms with Gasteiger partial charge in [-0.25, -0.2) is 4.79 Å². The number of H-pyrrole nitrogens is 1. The van der Waals surface area contributed by atoms with Crippen LogP contribution >= 0.6 is 0 Å². The Morgan fingerprint density at radius 2 is 1.86 bits per heavy atom. The van der Waals surface area contributed by atoms with Crippen LogP contribution in [0.1, 0.15) is 13.8 Å². The van der Waals surface area contributed by atoms with Crippen LogP contribution < -0.4 is 16.1 Å². The van der Waals surface area contributed by atoms with Gasteiger partial charge in [0.05, 0.1) is 19.8 Å². The molecule has 0 saturated carbocycles. The zero-order valence-corrected chi connectivity index (χ0v) is 17.1. The number of nitrogens with zero attached hydrogens (tertiary/aromatic N) is 5. The van der Waals surface area contributed by atoms with Crippen LogP contribution in [0.4, 0.5) is 5.95 Å². The first-order chi connectivity index (χ1) is 14.0. The molecule has 0 bridgehead atoms. The molecule has 0 aliphatic carbocycles. The van der Waals surface area contributed by atoms with Gasteiger partial charge in [0.2, 0.25) is 5.95 Å². The van der Waals surface area contributed by atoms with Crippen LogP contribution in [0, 0.1) is 0 Å². The quantitative estimate of drug-likeness (QED) is 0.444. The van der Waals surface area contributed by atoms with Gasteiger partial charge in [-0.2, -0.15) is 4.98 Å². The highest BCUT2D eigenvalue weighted by molar-refractivity contribution is 5.74. The van der Waals surface area contributed by atoms with E-state index in [4.69, 9.17) is 9.47 Å². The van der Waals surface area contributed by atoms with Crippen molar-refractivity contribution in [2.45, 2.75) is 20.4 Å². The number of carbonyl (C=O) groups is 1. The standard InChI is InChI=1S/C18H28N6O5/c1-4-28-11-10-24-14-15(21(3)18(27)20-16(14)26)19-17(24)23-8-6-22(7-9-23)12-13(25)29-5-2/h4-12H2,1-3H3,(H,20,26,27). The zero-order valence-electron chi connectivity index (χ0n) is 17.1. The first-order valence-corrected chi connectivity index (χ1v) is 9.86. The maximum Gasteiger partial charge on any atom is 0.329 e. The summed E-state index contributed by atoms with van der Waals surface area (Å²) in [5, 5.41) is 0. The number of hydrogen-bond acceptors (Lipinski definition) is 8. The number of hydrogen-bond donors (Lipinski definition) is 1. The summed E-state index contributed by atoms with van der Waals surface area (Å²) in [6.07, 6.45) is 0. The van der Waals surface area contributed by atoms with Crippen LogP contribution in [0.2, 0.25) is 0 Å². The maximum absolute atomic E-state index is 12.5. The Bertz CT molecular complexity index is 970. The lowest BCUT2D eigenvalue weighted by Crippen LogP contribution is -2.49. The molecule has 0 atom stereocenters. The van der Waals surface area contributed by atoms with E-state index in [2.05, 4.69) is 14.9 Å². The molecule has 160 valence electrons. The van der Waals surface area contributed by atoms with Gasteiger partial charge in [0.1, 0.15) is 0 Å². The van der Waals surface area contributed by atoms with E-state index in [9.17, 15) is 14.4 Å². The molecular weight excluding hydrogens is 380 g/mol. The smallest absolute Gasteiger partial charge is 0.329 e. The van der Waals surface area contributed by atoms with Crippen molar-refractivity contribution in [3.05, 3.63) is 20.8 Å². The molecule has 0 radical (unpaired) electrons. The highest BCUT2D eigenvalue weighted by atomic mass is 16.5. The third-order valence-corrected chi connectivity index (χ3v) is 4.96. The largest absolute Gasteiger partial charge is 0.465 e. The van der Waals surface area contributed by atoms with Gasteiger partial charge in [0, 0.05) is 46.4 Å². The van der Waals surface area contributed by atoms with Crippen molar-refractivity contribution in [1.29, 1.82) is 0 Å². The van der Waals surface area contributed by atoms with Gasteiger partial charge in [-0.3, -0.25) is 24.0 Å². The summed E-state index contributed by atoms with van der Waals surface area (Å²) in [7, 11) is 1.58. The normalized spacial score (nSPS) is 15.2. The van der Waals surface area contributed by atoms with Gasteiger partial charge >= 0.3 is 11.7 Å². The first-order valence-electron chi connectivity index (χ1n) is 9.86. The number of aromatic amines is 1. The van der Waals surface area contributed by atoms with Crippen molar-refractivity contribution in [3.63, 3.8) is 0 Å². The first kappa shape index (κ1) is 21.1. The van der Waals surface area contributed by atoms with E-state index < -0.39 is 11.2 Å². The Morgan fingerprint density at radius 1 is 1.14 bits per heavy atom. The Balaban J connectivity index is 1.87. The summed E-state index contributed by atoms with van der Waals surface area (Å²) in [6, 6.07) is 0. The molecule has 1 saturated heterocycles. The monoisotopic (exact) mass is 408 g/mol. The molecule has 1 fully saturated rings. The highest BCUT2D eigenvalue weighted by Crippen LogP contribution is 2.21. The Kier molecular flexibility index (Phi) is 6.70. The molecule has 1 aliphatic heterocycles. The molecule has 0 unspecified atom stereocenters. The van der Waals surface area contributed by atoms with E-state index in [1.54, 1.807) is 14.0 Å². The van der Waals surface area contributed by atoms with Crippen molar-refractivity contribution in [2.24, 2.45) is 7.05 Å². The number of anilines is 1. The second kappa shape index (κ2) is 9.23. The molecule has 1 N–H and O–H groups in total. The summed E-state index contributed by atoms with van der Waals surface area (Å²) >= 11 is 0. The highest BCUT2D eigenvalue weighted by Gasteiger charge is 2.25. The van der Waals surface area contributed by atoms with Gasteiger partial charge in [-0.05, 0) is 13.8 Å². The minimum Gasteiger partial charge on any atom is -0.465 e. The van der Waals surface area contributed by atoms with E-state index >= 15 is 0 Å². The van der Waals surface area contributed by atoms with Crippen LogP contribution in [0.3, 0.4) is 0 Å². The molecule has 11 nitrogen and oxygen atoms in total.